The average molecular weight is 281 g/mol. The van der Waals surface area contributed by atoms with Crippen LogP contribution < -0.4 is 10.9 Å². The normalized spacial score (nSPS) is 9.89. The summed E-state index contributed by atoms with van der Waals surface area (Å²) in [6.07, 6.45) is 0. The highest BCUT2D eigenvalue weighted by molar-refractivity contribution is 6.42. The topological polar surface area (TPSA) is 41.1 Å². The van der Waals surface area contributed by atoms with Crippen molar-refractivity contribution in [3.05, 3.63) is 64.1 Å². The molecule has 0 unspecified atom stereocenters. The summed E-state index contributed by atoms with van der Waals surface area (Å²) in [7, 11) is 0. The lowest BCUT2D eigenvalue weighted by Gasteiger charge is -2.08. The molecule has 0 heterocycles. The summed E-state index contributed by atoms with van der Waals surface area (Å²) in [5.74, 6) is -0.280. The van der Waals surface area contributed by atoms with E-state index in [4.69, 9.17) is 23.2 Å². The van der Waals surface area contributed by atoms with Crippen molar-refractivity contribution in [1.29, 1.82) is 0 Å². The van der Waals surface area contributed by atoms with Crippen LogP contribution in [0.3, 0.4) is 0 Å². The summed E-state index contributed by atoms with van der Waals surface area (Å²) in [6, 6.07) is 14.0. The molecule has 0 aromatic heterocycles. The molecule has 92 valence electrons. The Kier molecular flexibility index (Phi) is 4.07. The molecule has 0 spiro atoms. The number of hydrazine groups is 1. The van der Waals surface area contributed by atoms with Gasteiger partial charge in [-0.1, -0.05) is 41.4 Å². The molecule has 18 heavy (non-hydrogen) atoms. The van der Waals surface area contributed by atoms with Gasteiger partial charge in [-0.05, 0) is 30.3 Å². The molecular weight excluding hydrogens is 271 g/mol. The number of carbonyl (C=O) groups excluding carboxylic acids is 1. The van der Waals surface area contributed by atoms with Crippen LogP contribution in [0.5, 0.6) is 0 Å². The highest BCUT2D eigenvalue weighted by Gasteiger charge is 2.07. The molecule has 0 saturated carbocycles. The molecule has 5 heteroatoms. The van der Waals surface area contributed by atoms with Gasteiger partial charge in [-0.2, -0.15) is 0 Å². The fraction of sp³-hybridized carbons (Fsp3) is 0. The zero-order valence-electron chi connectivity index (χ0n) is 9.28. The summed E-state index contributed by atoms with van der Waals surface area (Å²) in [5.41, 5.74) is 6.61. The minimum Gasteiger partial charge on any atom is -0.298 e. The highest BCUT2D eigenvalue weighted by Crippen LogP contribution is 2.22. The molecule has 2 N–H and O–H groups in total. The molecule has 0 saturated heterocycles. The third-order valence-corrected chi connectivity index (χ3v) is 3.01. The third kappa shape index (κ3) is 3.15. The van der Waals surface area contributed by atoms with Gasteiger partial charge in [0.2, 0.25) is 0 Å². The zero-order valence-corrected chi connectivity index (χ0v) is 10.8. The van der Waals surface area contributed by atoms with E-state index in [1.807, 2.05) is 30.3 Å². The Morgan fingerprint density at radius 2 is 1.67 bits per heavy atom. The van der Waals surface area contributed by atoms with Gasteiger partial charge < -0.3 is 0 Å². The predicted molar refractivity (Wildman–Crippen MR) is 74.0 cm³/mol. The summed E-state index contributed by atoms with van der Waals surface area (Å²) < 4.78 is 0. The lowest BCUT2D eigenvalue weighted by molar-refractivity contribution is 0.0962. The van der Waals surface area contributed by atoms with Crippen LogP contribution in [-0.4, -0.2) is 5.91 Å². The number of carbonyl (C=O) groups is 1. The average Bonchev–Trinajstić information content (AvgIpc) is 2.40. The smallest absolute Gasteiger partial charge is 0.269 e. The fourth-order valence-corrected chi connectivity index (χ4v) is 1.66. The van der Waals surface area contributed by atoms with E-state index in [9.17, 15) is 4.79 Å². The van der Waals surface area contributed by atoms with E-state index in [1.54, 1.807) is 12.1 Å². The first-order valence-corrected chi connectivity index (χ1v) is 5.99. The molecule has 1 amide bonds. The molecule has 0 radical (unpaired) electrons. The van der Waals surface area contributed by atoms with Crippen LogP contribution in [0.4, 0.5) is 5.69 Å². The van der Waals surface area contributed by atoms with Crippen LogP contribution in [0, 0.1) is 0 Å². The maximum absolute atomic E-state index is 11.8. The minimum atomic E-state index is -0.280. The van der Waals surface area contributed by atoms with Crippen molar-refractivity contribution in [2.24, 2.45) is 0 Å². The Labute approximate surface area is 115 Å². The van der Waals surface area contributed by atoms with E-state index >= 15 is 0 Å². The highest BCUT2D eigenvalue weighted by atomic mass is 35.5. The fourth-order valence-electron chi connectivity index (χ4n) is 1.36. The van der Waals surface area contributed by atoms with Gasteiger partial charge in [-0.3, -0.25) is 15.6 Å². The zero-order chi connectivity index (χ0) is 13.0. The SMILES string of the molecule is O=C(NNc1ccccc1)c1ccc(Cl)c(Cl)c1. The summed E-state index contributed by atoms with van der Waals surface area (Å²) in [5, 5.41) is 0.772. The van der Waals surface area contributed by atoms with Crippen molar-refractivity contribution in [3.8, 4) is 0 Å². The van der Waals surface area contributed by atoms with Crippen LogP contribution in [0.2, 0.25) is 10.0 Å². The molecule has 3 nitrogen and oxygen atoms in total. The van der Waals surface area contributed by atoms with Crippen molar-refractivity contribution in [3.63, 3.8) is 0 Å². The molecule has 0 atom stereocenters. The first-order chi connectivity index (χ1) is 8.66. The Morgan fingerprint density at radius 3 is 2.33 bits per heavy atom. The second kappa shape index (κ2) is 5.76. The Balaban J connectivity index is 2.02. The van der Waals surface area contributed by atoms with Crippen molar-refractivity contribution < 1.29 is 4.79 Å². The Bertz CT molecular complexity index is 558. The Hall–Kier alpha value is -1.71. The minimum absolute atomic E-state index is 0.280. The molecule has 0 fully saturated rings. The van der Waals surface area contributed by atoms with Crippen LogP contribution >= 0.6 is 23.2 Å². The number of rotatable bonds is 3. The number of halogens is 2. The summed E-state index contributed by atoms with van der Waals surface area (Å²) in [6.45, 7) is 0. The van der Waals surface area contributed by atoms with Gasteiger partial charge in [-0.25, -0.2) is 0 Å². The summed E-state index contributed by atoms with van der Waals surface area (Å²) >= 11 is 11.6. The van der Waals surface area contributed by atoms with Gasteiger partial charge in [0.25, 0.3) is 5.91 Å². The van der Waals surface area contributed by atoms with E-state index in [-0.39, 0.29) is 5.91 Å². The first-order valence-electron chi connectivity index (χ1n) is 5.23. The lowest BCUT2D eigenvalue weighted by Crippen LogP contribution is -2.29. The molecule has 2 rings (SSSR count). The van der Waals surface area contributed by atoms with Gasteiger partial charge in [0, 0.05) is 5.56 Å². The third-order valence-electron chi connectivity index (χ3n) is 2.28. The van der Waals surface area contributed by atoms with Crippen LogP contribution in [-0.2, 0) is 0 Å². The van der Waals surface area contributed by atoms with Gasteiger partial charge in [0.1, 0.15) is 0 Å². The molecule has 0 aliphatic rings. The van der Waals surface area contributed by atoms with Crippen molar-refractivity contribution in [1.82, 2.24) is 5.43 Å². The first kappa shape index (κ1) is 12.7. The van der Waals surface area contributed by atoms with E-state index in [0.29, 0.717) is 15.6 Å². The second-order valence-corrected chi connectivity index (χ2v) is 4.39. The molecule has 2 aromatic rings. The van der Waals surface area contributed by atoms with Gasteiger partial charge in [0.15, 0.2) is 0 Å². The number of para-hydroxylation sites is 1. The molecule has 2 aromatic carbocycles. The number of hydrogen-bond acceptors (Lipinski definition) is 2. The van der Waals surface area contributed by atoms with Crippen molar-refractivity contribution in [2.45, 2.75) is 0 Å². The number of nitrogens with one attached hydrogen (secondary N) is 2. The largest absolute Gasteiger partial charge is 0.298 e. The van der Waals surface area contributed by atoms with E-state index in [0.717, 1.165) is 5.69 Å². The Morgan fingerprint density at radius 1 is 0.944 bits per heavy atom. The molecule has 0 aliphatic carbocycles. The maximum Gasteiger partial charge on any atom is 0.269 e. The predicted octanol–water partition coefficient (Wildman–Crippen LogP) is 3.75. The van der Waals surface area contributed by atoms with Gasteiger partial charge in [-0.15, -0.1) is 0 Å². The van der Waals surface area contributed by atoms with Gasteiger partial charge in [0.05, 0.1) is 15.7 Å². The molecular formula is C13H10Cl2N2O. The summed E-state index contributed by atoms with van der Waals surface area (Å²) in [4.78, 5) is 11.8. The van der Waals surface area contributed by atoms with E-state index in [1.165, 1.54) is 6.07 Å². The maximum atomic E-state index is 11.8. The second-order valence-electron chi connectivity index (χ2n) is 3.57. The number of anilines is 1. The number of benzene rings is 2. The van der Waals surface area contributed by atoms with E-state index < -0.39 is 0 Å². The van der Waals surface area contributed by atoms with Crippen molar-refractivity contribution in [2.75, 3.05) is 5.43 Å². The number of hydrogen-bond donors (Lipinski definition) is 2. The monoisotopic (exact) mass is 280 g/mol. The van der Waals surface area contributed by atoms with Crippen LogP contribution in [0.15, 0.2) is 48.5 Å². The molecule has 0 aliphatic heterocycles. The van der Waals surface area contributed by atoms with Crippen molar-refractivity contribution >= 4 is 34.8 Å². The number of amides is 1. The quantitative estimate of drug-likeness (QED) is 0.841. The standard InChI is InChI=1S/C13H10Cl2N2O/c14-11-7-6-9(8-12(11)15)13(18)17-16-10-4-2-1-3-5-10/h1-8,16H,(H,17,18). The van der Waals surface area contributed by atoms with Crippen LogP contribution in [0.25, 0.3) is 0 Å². The van der Waals surface area contributed by atoms with Crippen LogP contribution in [0.1, 0.15) is 10.4 Å². The lowest BCUT2D eigenvalue weighted by atomic mass is 10.2. The molecule has 0 bridgehead atoms. The van der Waals surface area contributed by atoms with Gasteiger partial charge >= 0.3 is 0 Å². The van der Waals surface area contributed by atoms with E-state index in [2.05, 4.69) is 10.9 Å².